The highest BCUT2D eigenvalue weighted by Gasteiger charge is 2.24. The van der Waals surface area contributed by atoms with Crippen LogP contribution < -0.4 is 0 Å². The molecule has 4 aromatic carbocycles. The molecule has 0 saturated heterocycles. The Morgan fingerprint density at radius 1 is 0.697 bits per heavy atom. The monoisotopic (exact) mass is 425 g/mol. The molecule has 7 rings (SSSR count). The Balaban J connectivity index is 1.52. The van der Waals surface area contributed by atoms with Crippen LogP contribution in [0.25, 0.3) is 43.8 Å². The first-order valence-electron chi connectivity index (χ1n) is 11.1. The summed E-state index contributed by atoms with van der Waals surface area (Å²) in [6.45, 7) is 0. The number of aromatic hydroxyl groups is 1. The van der Waals surface area contributed by atoms with Gasteiger partial charge in [0.05, 0.1) is 11.4 Å². The van der Waals surface area contributed by atoms with E-state index in [0.717, 1.165) is 50.6 Å². The maximum absolute atomic E-state index is 11.0. The van der Waals surface area contributed by atoms with Crippen molar-refractivity contribution in [2.45, 2.75) is 12.8 Å². The van der Waals surface area contributed by atoms with Gasteiger partial charge in [-0.3, -0.25) is 0 Å². The number of nitrogens with zero attached hydrogens (tertiary/aromatic N) is 3. The molecule has 0 spiro atoms. The fourth-order valence-electron chi connectivity index (χ4n) is 5.20. The quantitative estimate of drug-likeness (QED) is 0.340. The Labute approximate surface area is 190 Å². The Bertz CT molecular complexity index is 1740. The Morgan fingerprint density at radius 2 is 1.48 bits per heavy atom. The summed E-state index contributed by atoms with van der Waals surface area (Å²) in [5.41, 5.74) is 7.98. The molecule has 6 aromatic rings. The van der Waals surface area contributed by atoms with Crippen LogP contribution in [0, 0.1) is 0 Å². The zero-order valence-corrected chi connectivity index (χ0v) is 17.8. The lowest BCUT2D eigenvalue weighted by atomic mass is 9.83. The van der Waals surface area contributed by atoms with Gasteiger partial charge in [0.1, 0.15) is 11.3 Å². The van der Waals surface area contributed by atoms with Crippen LogP contribution in [0.4, 0.5) is 0 Å². The van der Waals surface area contributed by atoms with Crippen LogP contribution in [0.1, 0.15) is 22.5 Å². The lowest BCUT2D eigenvalue weighted by molar-refractivity contribution is 0.478. The van der Waals surface area contributed by atoms with E-state index < -0.39 is 0 Å². The summed E-state index contributed by atoms with van der Waals surface area (Å²) >= 11 is 0. The van der Waals surface area contributed by atoms with Crippen molar-refractivity contribution < 1.29 is 5.11 Å². The van der Waals surface area contributed by atoms with Gasteiger partial charge in [-0.15, -0.1) is 0 Å². The smallest absolute Gasteiger partial charge is 0.178 e. The highest BCUT2D eigenvalue weighted by atomic mass is 16.3. The molecule has 1 aliphatic rings. The molecule has 2 heterocycles. The first kappa shape index (κ1) is 18.3. The number of hydrogen-bond donors (Lipinski definition) is 1. The molecule has 1 N–H and O–H groups in total. The van der Waals surface area contributed by atoms with Crippen LogP contribution in [-0.4, -0.2) is 20.1 Å². The van der Waals surface area contributed by atoms with Crippen molar-refractivity contribution in [1.82, 2.24) is 15.0 Å². The molecule has 156 valence electrons. The first-order valence-corrected chi connectivity index (χ1v) is 11.1. The third-order valence-electron chi connectivity index (χ3n) is 6.72. The van der Waals surface area contributed by atoms with E-state index in [0.29, 0.717) is 17.8 Å². The summed E-state index contributed by atoms with van der Waals surface area (Å²) < 4.78 is 0. The third kappa shape index (κ3) is 2.74. The first-order chi connectivity index (χ1) is 16.3. The molecular formula is C29H19N3O. The molecule has 0 fully saturated rings. The highest BCUT2D eigenvalue weighted by molar-refractivity contribution is 6.08. The van der Waals surface area contributed by atoms with Crippen LogP contribution in [0.5, 0.6) is 5.75 Å². The van der Waals surface area contributed by atoms with E-state index in [4.69, 9.17) is 9.97 Å². The van der Waals surface area contributed by atoms with E-state index in [-0.39, 0.29) is 0 Å². The average molecular weight is 425 g/mol. The molecule has 0 radical (unpaired) electrons. The van der Waals surface area contributed by atoms with Crippen LogP contribution in [0.2, 0.25) is 0 Å². The highest BCUT2D eigenvalue weighted by Crippen LogP contribution is 2.43. The lowest BCUT2D eigenvalue weighted by Crippen LogP contribution is -2.13. The van der Waals surface area contributed by atoms with Crippen molar-refractivity contribution in [2.24, 2.45) is 0 Å². The third-order valence-corrected chi connectivity index (χ3v) is 6.72. The van der Waals surface area contributed by atoms with Crippen molar-refractivity contribution in [1.29, 1.82) is 0 Å². The van der Waals surface area contributed by atoms with E-state index in [9.17, 15) is 5.11 Å². The molecule has 0 aliphatic heterocycles. The van der Waals surface area contributed by atoms with Crippen molar-refractivity contribution in [3.63, 3.8) is 0 Å². The van der Waals surface area contributed by atoms with Crippen molar-refractivity contribution in [3.05, 3.63) is 108 Å². The fraction of sp³-hybridized carbons (Fsp3) is 0.0690. The minimum atomic E-state index is 0.296. The number of phenolic OH excluding ortho intramolecular Hbond substituents is 1. The summed E-state index contributed by atoms with van der Waals surface area (Å²) in [6.07, 6.45) is 3.20. The molecule has 0 amide bonds. The van der Waals surface area contributed by atoms with Gasteiger partial charge in [-0.2, -0.15) is 0 Å². The molecule has 0 atom stereocenters. The summed E-state index contributed by atoms with van der Waals surface area (Å²) in [6, 6.07) is 26.6. The number of hydrogen-bond acceptors (Lipinski definition) is 4. The van der Waals surface area contributed by atoms with Gasteiger partial charge in [-0.05, 0) is 62.5 Å². The number of aromatic nitrogens is 3. The Hall–Kier alpha value is -4.31. The van der Waals surface area contributed by atoms with Gasteiger partial charge in [0.25, 0.3) is 0 Å². The zero-order chi connectivity index (χ0) is 21.9. The minimum absolute atomic E-state index is 0.296. The van der Waals surface area contributed by atoms with Gasteiger partial charge in [-0.1, -0.05) is 54.6 Å². The molecule has 0 unspecified atom stereocenters. The molecule has 1 aliphatic carbocycles. The zero-order valence-electron chi connectivity index (χ0n) is 17.8. The number of fused-ring (bicyclic) bond motifs is 6. The summed E-state index contributed by atoms with van der Waals surface area (Å²) in [5, 5.41) is 15.5. The fourth-order valence-corrected chi connectivity index (χ4v) is 5.20. The normalized spacial score (nSPS) is 12.7. The second-order valence-corrected chi connectivity index (χ2v) is 8.60. The predicted octanol–water partition coefficient (Wildman–Crippen LogP) is 6.20. The number of phenols is 1. The largest absolute Gasteiger partial charge is 0.507 e. The van der Waals surface area contributed by atoms with Gasteiger partial charge in [0.2, 0.25) is 0 Å². The number of benzene rings is 4. The molecular weight excluding hydrogens is 406 g/mol. The second-order valence-electron chi connectivity index (χ2n) is 8.60. The Kier molecular flexibility index (Phi) is 3.79. The predicted molar refractivity (Wildman–Crippen MR) is 131 cm³/mol. The van der Waals surface area contributed by atoms with Crippen LogP contribution in [0.3, 0.4) is 0 Å². The van der Waals surface area contributed by atoms with Gasteiger partial charge in [0.15, 0.2) is 5.65 Å². The molecule has 2 aromatic heterocycles. The van der Waals surface area contributed by atoms with Gasteiger partial charge < -0.3 is 5.11 Å². The molecule has 4 heteroatoms. The average Bonchev–Trinajstić information content (AvgIpc) is 2.86. The minimum Gasteiger partial charge on any atom is -0.507 e. The maximum Gasteiger partial charge on any atom is 0.178 e. The molecule has 0 bridgehead atoms. The molecule has 33 heavy (non-hydrogen) atoms. The topological polar surface area (TPSA) is 58.9 Å². The SMILES string of the molecule is Oc1ccc2ccccc2c1-c1cc2c(c3ccccc13)Cc1nc3cccnc3nc1C2. The van der Waals surface area contributed by atoms with Crippen LogP contribution in [-0.2, 0) is 12.8 Å². The van der Waals surface area contributed by atoms with Gasteiger partial charge in [0, 0.05) is 24.6 Å². The maximum atomic E-state index is 11.0. The van der Waals surface area contributed by atoms with E-state index in [2.05, 4.69) is 47.4 Å². The van der Waals surface area contributed by atoms with Crippen LogP contribution in [0.15, 0.2) is 85.1 Å². The summed E-state index contributed by atoms with van der Waals surface area (Å²) in [4.78, 5) is 14.1. The standard InChI is InChI=1S/C29H19N3O/c33-27-12-11-17-6-1-2-7-19(17)28(27)23-14-18-15-25-26(31-24-10-5-13-30-29(24)32-25)16-22(18)20-8-3-4-9-21(20)23/h1-14,33H,15-16H2. The van der Waals surface area contributed by atoms with E-state index in [1.165, 1.54) is 16.5 Å². The molecule has 4 nitrogen and oxygen atoms in total. The van der Waals surface area contributed by atoms with E-state index >= 15 is 0 Å². The van der Waals surface area contributed by atoms with Crippen molar-refractivity contribution >= 4 is 32.7 Å². The summed E-state index contributed by atoms with van der Waals surface area (Å²) in [5.74, 6) is 0.296. The summed E-state index contributed by atoms with van der Waals surface area (Å²) in [7, 11) is 0. The van der Waals surface area contributed by atoms with Gasteiger partial charge >= 0.3 is 0 Å². The second kappa shape index (κ2) is 6.84. The van der Waals surface area contributed by atoms with Crippen LogP contribution >= 0.6 is 0 Å². The molecule has 0 saturated carbocycles. The van der Waals surface area contributed by atoms with Crippen molar-refractivity contribution in [3.8, 4) is 16.9 Å². The number of pyridine rings is 1. The van der Waals surface area contributed by atoms with E-state index in [1.807, 2.05) is 30.3 Å². The number of rotatable bonds is 1. The van der Waals surface area contributed by atoms with Gasteiger partial charge in [-0.25, -0.2) is 15.0 Å². The van der Waals surface area contributed by atoms with E-state index in [1.54, 1.807) is 12.3 Å². The Morgan fingerprint density at radius 3 is 2.39 bits per heavy atom. The lowest BCUT2D eigenvalue weighted by Gasteiger charge is -2.23. The van der Waals surface area contributed by atoms with Crippen molar-refractivity contribution in [2.75, 3.05) is 0 Å².